The zero-order valence-corrected chi connectivity index (χ0v) is 11.1. The van der Waals surface area contributed by atoms with Crippen molar-refractivity contribution in [2.24, 2.45) is 5.73 Å². The molecule has 5 heteroatoms. The minimum atomic E-state index is -0.708. The Morgan fingerprint density at radius 2 is 2.19 bits per heavy atom. The van der Waals surface area contributed by atoms with Crippen LogP contribution >= 0.6 is 15.9 Å². The fourth-order valence-electron chi connectivity index (χ4n) is 1.36. The molecular weight excluding hydrogens is 272 g/mol. The first kappa shape index (κ1) is 13.1. The minimum Gasteiger partial charge on any atom is -0.468 e. The highest BCUT2D eigenvalue weighted by Crippen LogP contribution is 2.26. The highest BCUT2D eigenvalue weighted by atomic mass is 79.9. The zero-order valence-electron chi connectivity index (χ0n) is 9.53. The van der Waals surface area contributed by atoms with Crippen LogP contribution < -0.4 is 5.73 Å². The monoisotopic (exact) mass is 286 g/mol. The molecule has 0 saturated carbocycles. The van der Waals surface area contributed by atoms with Crippen molar-refractivity contribution in [3.8, 4) is 0 Å². The van der Waals surface area contributed by atoms with Crippen molar-refractivity contribution >= 4 is 21.9 Å². The summed E-state index contributed by atoms with van der Waals surface area (Å²) in [5, 5.41) is 0. The van der Waals surface area contributed by atoms with Crippen LogP contribution in [-0.4, -0.2) is 24.1 Å². The quantitative estimate of drug-likeness (QED) is 0.677. The van der Waals surface area contributed by atoms with Gasteiger partial charge in [-0.1, -0.05) is 19.9 Å². The molecule has 1 unspecified atom stereocenters. The van der Waals surface area contributed by atoms with Gasteiger partial charge in [0.15, 0.2) is 0 Å². The van der Waals surface area contributed by atoms with Crippen LogP contribution in [0.1, 0.15) is 19.4 Å². The summed E-state index contributed by atoms with van der Waals surface area (Å²) in [6.45, 7) is 3.78. The highest BCUT2D eigenvalue weighted by Gasteiger charge is 2.34. The number of halogens is 1. The first-order valence-electron chi connectivity index (χ1n) is 4.85. The Bertz CT molecular complexity index is 376. The van der Waals surface area contributed by atoms with Crippen molar-refractivity contribution < 1.29 is 9.53 Å². The lowest BCUT2D eigenvalue weighted by atomic mass is 9.79. The smallest absolute Gasteiger partial charge is 0.323 e. The van der Waals surface area contributed by atoms with Crippen LogP contribution in [0, 0.1) is 0 Å². The molecule has 16 heavy (non-hydrogen) atoms. The van der Waals surface area contributed by atoms with Gasteiger partial charge in [-0.15, -0.1) is 0 Å². The van der Waals surface area contributed by atoms with Gasteiger partial charge >= 0.3 is 5.97 Å². The zero-order chi connectivity index (χ0) is 12.3. The molecule has 2 N–H and O–H groups in total. The topological polar surface area (TPSA) is 65.2 Å². The van der Waals surface area contributed by atoms with E-state index in [0.29, 0.717) is 0 Å². The normalized spacial score (nSPS) is 13.3. The molecular formula is C11H15BrN2O2. The summed E-state index contributed by atoms with van der Waals surface area (Å²) in [6.07, 6.45) is 1.70. The van der Waals surface area contributed by atoms with Gasteiger partial charge in [-0.25, -0.2) is 4.98 Å². The molecule has 0 amide bonds. The average Bonchev–Trinajstić information content (AvgIpc) is 2.27. The van der Waals surface area contributed by atoms with E-state index in [4.69, 9.17) is 5.73 Å². The maximum Gasteiger partial charge on any atom is 0.323 e. The SMILES string of the molecule is COC(=O)C(N)C(C)(C)c1ccc(Br)nc1. The third-order valence-corrected chi connectivity index (χ3v) is 3.17. The van der Waals surface area contributed by atoms with Crippen molar-refractivity contribution in [2.75, 3.05) is 7.11 Å². The van der Waals surface area contributed by atoms with Crippen LogP contribution in [0.2, 0.25) is 0 Å². The Balaban J connectivity index is 3.01. The Morgan fingerprint density at radius 1 is 1.56 bits per heavy atom. The molecule has 0 aliphatic rings. The van der Waals surface area contributed by atoms with Gasteiger partial charge in [0.25, 0.3) is 0 Å². The van der Waals surface area contributed by atoms with Crippen LogP contribution in [0.25, 0.3) is 0 Å². The van der Waals surface area contributed by atoms with Crippen molar-refractivity contribution in [1.29, 1.82) is 0 Å². The summed E-state index contributed by atoms with van der Waals surface area (Å²) in [4.78, 5) is 15.5. The standard InChI is InChI=1S/C11H15BrN2O2/c1-11(2,9(13)10(15)16-3)7-4-5-8(12)14-6-7/h4-6,9H,13H2,1-3H3. The first-order chi connectivity index (χ1) is 7.39. The predicted octanol–water partition coefficient (Wildman–Crippen LogP) is 1.62. The lowest BCUT2D eigenvalue weighted by Crippen LogP contribution is -2.47. The minimum absolute atomic E-state index is 0.423. The number of nitrogens with two attached hydrogens (primary N) is 1. The molecule has 0 aromatic carbocycles. The van der Waals surface area contributed by atoms with E-state index in [2.05, 4.69) is 25.7 Å². The molecule has 1 aromatic heterocycles. The summed E-state index contributed by atoms with van der Waals surface area (Å²) >= 11 is 3.26. The molecule has 0 aliphatic carbocycles. The summed E-state index contributed by atoms with van der Waals surface area (Å²) in [5.74, 6) is -0.423. The maximum absolute atomic E-state index is 11.4. The Morgan fingerprint density at radius 3 is 2.62 bits per heavy atom. The molecule has 88 valence electrons. The number of esters is 1. The second kappa shape index (κ2) is 4.93. The number of methoxy groups -OCH3 is 1. The molecule has 1 aromatic rings. The lowest BCUT2D eigenvalue weighted by molar-refractivity contribution is -0.143. The molecule has 0 spiro atoms. The van der Waals surface area contributed by atoms with E-state index in [9.17, 15) is 4.79 Å². The van der Waals surface area contributed by atoms with Crippen molar-refractivity contribution in [3.05, 3.63) is 28.5 Å². The van der Waals surface area contributed by atoms with Crippen molar-refractivity contribution in [3.63, 3.8) is 0 Å². The second-order valence-corrected chi connectivity index (χ2v) is 4.90. The molecule has 1 atom stereocenters. The molecule has 1 heterocycles. The molecule has 0 aliphatic heterocycles. The van der Waals surface area contributed by atoms with Crippen LogP contribution in [0.3, 0.4) is 0 Å². The van der Waals surface area contributed by atoms with Gasteiger partial charge in [-0.3, -0.25) is 4.79 Å². The largest absolute Gasteiger partial charge is 0.468 e. The summed E-state index contributed by atoms with van der Waals surface area (Å²) in [6, 6.07) is 3.00. The number of aromatic nitrogens is 1. The summed E-state index contributed by atoms with van der Waals surface area (Å²) in [7, 11) is 1.33. The van der Waals surface area contributed by atoms with E-state index in [1.807, 2.05) is 26.0 Å². The molecule has 0 bridgehead atoms. The first-order valence-corrected chi connectivity index (χ1v) is 5.64. The molecule has 0 radical (unpaired) electrons. The van der Waals surface area contributed by atoms with Gasteiger partial charge in [0.05, 0.1) is 7.11 Å². The Kier molecular flexibility index (Phi) is 4.04. The van der Waals surface area contributed by atoms with E-state index in [0.717, 1.165) is 10.2 Å². The van der Waals surface area contributed by atoms with E-state index in [-0.39, 0.29) is 0 Å². The Labute approximate surface area is 103 Å². The van der Waals surface area contributed by atoms with E-state index < -0.39 is 17.4 Å². The average molecular weight is 287 g/mol. The van der Waals surface area contributed by atoms with Gasteiger partial charge in [-0.2, -0.15) is 0 Å². The Hall–Kier alpha value is -0.940. The number of pyridine rings is 1. The van der Waals surface area contributed by atoms with E-state index in [1.54, 1.807) is 6.20 Å². The highest BCUT2D eigenvalue weighted by molar-refractivity contribution is 9.10. The molecule has 1 rings (SSSR count). The molecule has 0 saturated heterocycles. The van der Waals surface area contributed by atoms with E-state index >= 15 is 0 Å². The molecule has 0 fully saturated rings. The van der Waals surface area contributed by atoms with Crippen LogP contribution in [-0.2, 0) is 14.9 Å². The van der Waals surface area contributed by atoms with Gasteiger partial charge in [0.1, 0.15) is 10.6 Å². The van der Waals surface area contributed by atoms with Crippen molar-refractivity contribution in [2.45, 2.75) is 25.3 Å². The van der Waals surface area contributed by atoms with Gasteiger partial charge in [-0.05, 0) is 27.6 Å². The predicted molar refractivity (Wildman–Crippen MR) is 65.0 cm³/mol. The third kappa shape index (κ3) is 2.59. The third-order valence-electron chi connectivity index (χ3n) is 2.70. The number of carbonyl (C=O) groups excluding carboxylic acids is 1. The maximum atomic E-state index is 11.4. The van der Waals surface area contributed by atoms with Gasteiger partial charge < -0.3 is 10.5 Å². The molecule has 4 nitrogen and oxygen atoms in total. The number of carbonyl (C=O) groups is 1. The fraction of sp³-hybridized carbons (Fsp3) is 0.455. The van der Waals surface area contributed by atoms with Crippen LogP contribution in [0.5, 0.6) is 0 Å². The number of rotatable bonds is 3. The van der Waals surface area contributed by atoms with Crippen molar-refractivity contribution in [1.82, 2.24) is 4.98 Å². The fourth-order valence-corrected chi connectivity index (χ4v) is 1.59. The van der Waals surface area contributed by atoms with Crippen LogP contribution in [0.4, 0.5) is 0 Å². The number of ether oxygens (including phenoxy) is 1. The second-order valence-electron chi connectivity index (χ2n) is 4.09. The van der Waals surface area contributed by atoms with Gasteiger partial charge in [0, 0.05) is 11.6 Å². The number of hydrogen-bond acceptors (Lipinski definition) is 4. The number of hydrogen-bond donors (Lipinski definition) is 1. The summed E-state index contributed by atoms with van der Waals surface area (Å²) < 4.78 is 5.40. The number of nitrogens with zero attached hydrogens (tertiary/aromatic N) is 1. The lowest BCUT2D eigenvalue weighted by Gasteiger charge is -2.29. The van der Waals surface area contributed by atoms with Crippen LogP contribution in [0.15, 0.2) is 22.9 Å². The van der Waals surface area contributed by atoms with E-state index in [1.165, 1.54) is 7.11 Å². The summed E-state index contributed by atoms with van der Waals surface area (Å²) in [5.41, 5.74) is 6.25. The van der Waals surface area contributed by atoms with Gasteiger partial charge in [0.2, 0.25) is 0 Å².